The van der Waals surface area contributed by atoms with E-state index in [4.69, 9.17) is 10.00 Å². The smallest absolute Gasteiger partial charge is 0.213 e. The van der Waals surface area contributed by atoms with Crippen LogP contribution in [0.3, 0.4) is 0 Å². The van der Waals surface area contributed by atoms with Crippen molar-refractivity contribution < 1.29 is 13.5 Å². The van der Waals surface area contributed by atoms with E-state index in [2.05, 4.69) is 4.98 Å². The Bertz CT molecular complexity index is 615. The van der Waals surface area contributed by atoms with Gasteiger partial charge in [-0.3, -0.25) is 0 Å². The Balaban J connectivity index is 2.65. The third-order valence-electron chi connectivity index (χ3n) is 2.34. The standard InChI is InChI=1S/C13H8F2N2O/c1-18-12-3-2-8(7-16)13(17-12)9-4-10(14)6-11(15)5-9/h2-6H,1H3. The molecule has 2 rings (SSSR count). The van der Waals surface area contributed by atoms with E-state index in [0.717, 1.165) is 18.2 Å². The Morgan fingerprint density at radius 3 is 2.39 bits per heavy atom. The molecule has 0 fully saturated rings. The van der Waals surface area contributed by atoms with Crippen LogP contribution in [0.2, 0.25) is 0 Å². The third-order valence-corrected chi connectivity index (χ3v) is 2.34. The SMILES string of the molecule is COc1ccc(C#N)c(-c2cc(F)cc(F)c2)n1. The highest BCUT2D eigenvalue weighted by atomic mass is 19.1. The third kappa shape index (κ3) is 2.28. The summed E-state index contributed by atoms with van der Waals surface area (Å²) in [5, 5.41) is 8.96. The van der Waals surface area contributed by atoms with Crippen molar-refractivity contribution in [2.45, 2.75) is 0 Å². The molecule has 0 bridgehead atoms. The molecule has 0 aliphatic heterocycles. The summed E-state index contributed by atoms with van der Waals surface area (Å²) in [6, 6.07) is 7.92. The van der Waals surface area contributed by atoms with E-state index in [1.54, 1.807) is 0 Å². The molecule has 0 amide bonds. The summed E-state index contributed by atoms with van der Waals surface area (Å²) in [5.74, 6) is -1.18. The maximum atomic E-state index is 13.1. The largest absolute Gasteiger partial charge is 0.481 e. The highest BCUT2D eigenvalue weighted by molar-refractivity contribution is 5.67. The summed E-state index contributed by atoms with van der Waals surface area (Å²) in [6.07, 6.45) is 0. The molecule has 0 N–H and O–H groups in total. The van der Waals surface area contributed by atoms with E-state index in [-0.39, 0.29) is 22.7 Å². The molecule has 0 spiro atoms. The van der Waals surface area contributed by atoms with Gasteiger partial charge in [0.1, 0.15) is 17.7 Å². The Hall–Kier alpha value is -2.48. The van der Waals surface area contributed by atoms with Crippen molar-refractivity contribution in [2.24, 2.45) is 0 Å². The first-order valence-corrected chi connectivity index (χ1v) is 5.05. The van der Waals surface area contributed by atoms with Crippen LogP contribution in [-0.4, -0.2) is 12.1 Å². The van der Waals surface area contributed by atoms with Crippen molar-refractivity contribution in [3.05, 3.63) is 47.5 Å². The van der Waals surface area contributed by atoms with E-state index < -0.39 is 11.6 Å². The van der Waals surface area contributed by atoms with Crippen molar-refractivity contribution in [1.82, 2.24) is 4.98 Å². The zero-order chi connectivity index (χ0) is 13.1. The highest BCUT2D eigenvalue weighted by Gasteiger charge is 2.11. The molecule has 1 aromatic carbocycles. The van der Waals surface area contributed by atoms with Crippen LogP contribution in [0.5, 0.6) is 5.88 Å². The Labute approximate surface area is 102 Å². The Morgan fingerprint density at radius 2 is 1.83 bits per heavy atom. The van der Waals surface area contributed by atoms with Crippen LogP contribution in [0.15, 0.2) is 30.3 Å². The van der Waals surface area contributed by atoms with E-state index >= 15 is 0 Å². The van der Waals surface area contributed by atoms with Crippen molar-refractivity contribution in [3.8, 4) is 23.2 Å². The normalized spacial score (nSPS) is 9.89. The Kier molecular flexibility index (Phi) is 3.20. The maximum absolute atomic E-state index is 13.1. The molecule has 0 aliphatic rings. The molecule has 0 saturated heterocycles. The summed E-state index contributed by atoms with van der Waals surface area (Å²) >= 11 is 0. The molecule has 0 unspecified atom stereocenters. The second kappa shape index (κ2) is 4.80. The van der Waals surface area contributed by atoms with Gasteiger partial charge in [0.2, 0.25) is 5.88 Å². The van der Waals surface area contributed by atoms with Crippen molar-refractivity contribution in [3.63, 3.8) is 0 Å². The van der Waals surface area contributed by atoms with Gasteiger partial charge in [-0.2, -0.15) is 5.26 Å². The first-order valence-electron chi connectivity index (χ1n) is 5.05. The average Bonchev–Trinajstić information content (AvgIpc) is 2.36. The summed E-state index contributed by atoms with van der Waals surface area (Å²) in [4.78, 5) is 4.04. The maximum Gasteiger partial charge on any atom is 0.213 e. The summed E-state index contributed by atoms with van der Waals surface area (Å²) in [6.45, 7) is 0. The Morgan fingerprint density at radius 1 is 1.17 bits per heavy atom. The number of pyridine rings is 1. The number of methoxy groups -OCH3 is 1. The van der Waals surface area contributed by atoms with Crippen molar-refractivity contribution >= 4 is 0 Å². The molecule has 0 aliphatic carbocycles. The lowest BCUT2D eigenvalue weighted by Gasteiger charge is -2.06. The number of hydrogen-bond donors (Lipinski definition) is 0. The van der Waals surface area contributed by atoms with Gasteiger partial charge in [-0.25, -0.2) is 13.8 Å². The number of nitriles is 1. The number of halogens is 2. The minimum absolute atomic E-state index is 0.190. The van der Waals surface area contributed by atoms with Crippen LogP contribution in [-0.2, 0) is 0 Å². The number of aromatic nitrogens is 1. The minimum Gasteiger partial charge on any atom is -0.481 e. The molecule has 0 radical (unpaired) electrons. The predicted octanol–water partition coefficient (Wildman–Crippen LogP) is 2.91. The van der Waals surface area contributed by atoms with Gasteiger partial charge in [0.05, 0.1) is 18.4 Å². The average molecular weight is 246 g/mol. The van der Waals surface area contributed by atoms with E-state index in [1.165, 1.54) is 19.2 Å². The van der Waals surface area contributed by atoms with E-state index in [0.29, 0.717) is 0 Å². The van der Waals surface area contributed by atoms with Crippen molar-refractivity contribution in [2.75, 3.05) is 7.11 Å². The van der Waals surface area contributed by atoms with Crippen LogP contribution in [0.25, 0.3) is 11.3 Å². The van der Waals surface area contributed by atoms with Crippen molar-refractivity contribution in [1.29, 1.82) is 5.26 Å². The number of ether oxygens (including phenoxy) is 1. The van der Waals surface area contributed by atoms with Gasteiger partial charge in [-0.1, -0.05) is 0 Å². The molecule has 0 saturated carbocycles. The van der Waals surface area contributed by atoms with Gasteiger partial charge >= 0.3 is 0 Å². The molecule has 18 heavy (non-hydrogen) atoms. The van der Waals surface area contributed by atoms with Crippen LogP contribution < -0.4 is 4.74 Å². The second-order valence-electron chi connectivity index (χ2n) is 3.52. The molecule has 1 heterocycles. The number of benzene rings is 1. The quantitative estimate of drug-likeness (QED) is 0.818. The second-order valence-corrected chi connectivity index (χ2v) is 3.52. The molecule has 0 atom stereocenters. The van der Waals surface area contributed by atoms with Gasteiger partial charge in [0.15, 0.2) is 0 Å². The van der Waals surface area contributed by atoms with Gasteiger partial charge in [0, 0.05) is 17.7 Å². The summed E-state index contributed by atoms with van der Waals surface area (Å²) in [5.41, 5.74) is 0.610. The predicted molar refractivity (Wildman–Crippen MR) is 60.9 cm³/mol. The van der Waals surface area contributed by atoms with Gasteiger partial charge in [-0.05, 0) is 18.2 Å². The highest BCUT2D eigenvalue weighted by Crippen LogP contribution is 2.25. The number of rotatable bonds is 2. The molecule has 2 aromatic rings. The van der Waals surface area contributed by atoms with Gasteiger partial charge in [-0.15, -0.1) is 0 Å². The molecular weight excluding hydrogens is 238 g/mol. The molecule has 3 nitrogen and oxygen atoms in total. The monoisotopic (exact) mass is 246 g/mol. The summed E-state index contributed by atoms with van der Waals surface area (Å²) < 4.78 is 31.2. The lowest BCUT2D eigenvalue weighted by molar-refractivity contribution is 0.398. The molecular formula is C13H8F2N2O. The summed E-state index contributed by atoms with van der Waals surface area (Å²) in [7, 11) is 1.42. The van der Waals surface area contributed by atoms with Crippen LogP contribution in [0.4, 0.5) is 8.78 Å². The first kappa shape index (κ1) is 12.0. The lowest BCUT2D eigenvalue weighted by atomic mass is 10.1. The zero-order valence-electron chi connectivity index (χ0n) is 9.45. The molecule has 5 heteroatoms. The molecule has 90 valence electrons. The fourth-order valence-corrected chi connectivity index (χ4v) is 1.56. The number of nitrogens with zero attached hydrogens (tertiary/aromatic N) is 2. The van der Waals surface area contributed by atoms with Crippen LogP contribution in [0.1, 0.15) is 5.56 Å². The molecule has 1 aromatic heterocycles. The van der Waals surface area contributed by atoms with Gasteiger partial charge in [0.25, 0.3) is 0 Å². The fourth-order valence-electron chi connectivity index (χ4n) is 1.56. The fraction of sp³-hybridized carbons (Fsp3) is 0.0769. The van der Waals surface area contributed by atoms with Crippen LogP contribution in [0, 0.1) is 23.0 Å². The minimum atomic E-state index is -0.724. The topological polar surface area (TPSA) is 45.9 Å². The van der Waals surface area contributed by atoms with Gasteiger partial charge < -0.3 is 4.74 Å². The van der Waals surface area contributed by atoms with E-state index in [9.17, 15) is 8.78 Å². The zero-order valence-corrected chi connectivity index (χ0v) is 9.45. The van der Waals surface area contributed by atoms with E-state index in [1.807, 2.05) is 6.07 Å². The van der Waals surface area contributed by atoms with Crippen LogP contribution >= 0.6 is 0 Å². The lowest BCUT2D eigenvalue weighted by Crippen LogP contribution is -1.94. The first-order chi connectivity index (χ1) is 8.63. The number of hydrogen-bond acceptors (Lipinski definition) is 3.